The predicted molar refractivity (Wildman–Crippen MR) is 66.5 cm³/mol. The molecule has 0 saturated heterocycles. The van der Waals surface area contributed by atoms with E-state index in [4.69, 9.17) is 4.74 Å². The highest BCUT2D eigenvalue weighted by Crippen LogP contribution is 2.21. The third-order valence-corrected chi connectivity index (χ3v) is 3.34. The topological polar surface area (TPSA) is 21.3 Å². The molecule has 0 aliphatic heterocycles. The Morgan fingerprint density at radius 2 is 2.33 bits per heavy atom. The molecule has 1 unspecified atom stereocenters. The Kier molecular flexibility index (Phi) is 6.64. The predicted octanol–water partition coefficient (Wildman–Crippen LogP) is 3.22. The van der Waals surface area contributed by atoms with Gasteiger partial charge in [-0.1, -0.05) is 13.0 Å². The van der Waals surface area contributed by atoms with Crippen molar-refractivity contribution in [2.45, 2.75) is 32.7 Å². The third-order valence-electron chi connectivity index (χ3n) is 2.36. The van der Waals surface area contributed by atoms with Gasteiger partial charge < -0.3 is 10.1 Å². The molecule has 15 heavy (non-hydrogen) atoms. The Bertz CT molecular complexity index is 236. The summed E-state index contributed by atoms with van der Waals surface area (Å²) in [7, 11) is 0. The standard InChI is InChI=1S/C12H21NOS/c1-3-11(12-7-5-10-15-12)13-8-6-9-14-4-2/h5,7,10-11,13H,3-4,6,8-9H2,1-2H3. The Labute approximate surface area is 96.7 Å². The molecule has 1 rings (SSSR count). The molecule has 86 valence electrons. The molecule has 0 aromatic carbocycles. The molecule has 1 atom stereocenters. The van der Waals surface area contributed by atoms with Crippen LogP contribution >= 0.6 is 11.3 Å². The first-order chi connectivity index (χ1) is 7.38. The van der Waals surface area contributed by atoms with Crippen LogP contribution in [0.15, 0.2) is 17.5 Å². The average molecular weight is 227 g/mol. The van der Waals surface area contributed by atoms with Crippen molar-refractivity contribution in [2.24, 2.45) is 0 Å². The van der Waals surface area contributed by atoms with Gasteiger partial charge >= 0.3 is 0 Å². The number of nitrogens with one attached hydrogen (secondary N) is 1. The van der Waals surface area contributed by atoms with Gasteiger partial charge in [-0.2, -0.15) is 0 Å². The molecule has 0 fully saturated rings. The summed E-state index contributed by atoms with van der Waals surface area (Å²) in [5, 5.41) is 5.70. The van der Waals surface area contributed by atoms with Gasteiger partial charge in [-0.25, -0.2) is 0 Å². The molecule has 0 radical (unpaired) electrons. The van der Waals surface area contributed by atoms with E-state index in [0.29, 0.717) is 6.04 Å². The van der Waals surface area contributed by atoms with E-state index in [2.05, 4.69) is 29.8 Å². The van der Waals surface area contributed by atoms with Crippen LogP contribution in [0.5, 0.6) is 0 Å². The summed E-state index contributed by atoms with van der Waals surface area (Å²) in [5.41, 5.74) is 0. The highest BCUT2D eigenvalue weighted by atomic mass is 32.1. The molecule has 1 heterocycles. The smallest absolute Gasteiger partial charge is 0.0477 e. The summed E-state index contributed by atoms with van der Waals surface area (Å²) in [6, 6.07) is 4.84. The van der Waals surface area contributed by atoms with E-state index >= 15 is 0 Å². The van der Waals surface area contributed by atoms with E-state index < -0.39 is 0 Å². The fourth-order valence-electron chi connectivity index (χ4n) is 1.53. The first-order valence-corrected chi connectivity index (χ1v) is 6.61. The lowest BCUT2D eigenvalue weighted by Crippen LogP contribution is -2.22. The van der Waals surface area contributed by atoms with Gasteiger partial charge in [-0.15, -0.1) is 11.3 Å². The second-order valence-electron chi connectivity index (χ2n) is 3.48. The highest BCUT2D eigenvalue weighted by Gasteiger charge is 2.08. The number of hydrogen-bond donors (Lipinski definition) is 1. The van der Waals surface area contributed by atoms with Crippen molar-refractivity contribution < 1.29 is 4.74 Å². The van der Waals surface area contributed by atoms with E-state index in [1.54, 1.807) is 0 Å². The normalized spacial score (nSPS) is 12.9. The van der Waals surface area contributed by atoms with Crippen LogP contribution in [0, 0.1) is 0 Å². The second-order valence-corrected chi connectivity index (χ2v) is 4.46. The molecule has 0 bridgehead atoms. The van der Waals surface area contributed by atoms with E-state index in [1.807, 2.05) is 18.3 Å². The van der Waals surface area contributed by atoms with E-state index in [1.165, 1.54) is 4.88 Å². The van der Waals surface area contributed by atoms with Crippen LogP contribution in [0.1, 0.15) is 37.6 Å². The van der Waals surface area contributed by atoms with Crippen molar-refractivity contribution in [3.63, 3.8) is 0 Å². The van der Waals surface area contributed by atoms with Crippen molar-refractivity contribution in [1.82, 2.24) is 5.32 Å². The van der Waals surface area contributed by atoms with Crippen molar-refractivity contribution >= 4 is 11.3 Å². The summed E-state index contributed by atoms with van der Waals surface area (Å²) in [5.74, 6) is 0. The highest BCUT2D eigenvalue weighted by molar-refractivity contribution is 7.10. The lowest BCUT2D eigenvalue weighted by molar-refractivity contribution is 0.144. The minimum absolute atomic E-state index is 0.520. The molecular formula is C12H21NOS. The third kappa shape index (κ3) is 4.78. The Morgan fingerprint density at radius 3 is 2.93 bits per heavy atom. The van der Waals surface area contributed by atoms with Crippen LogP contribution < -0.4 is 5.32 Å². The van der Waals surface area contributed by atoms with Gasteiger partial charge in [0.1, 0.15) is 0 Å². The molecule has 0 spiro atoms. The van der Waals surface area contributed by atoms with Gasteiger partial charge in [0.15, 0.2) is 0 Å². The largest absolute Gasteiger partial charge is 0.382 e. The fourth-order valence-corrected chi connectivity index (χ4v) is 2.42. The maximum atomic E-state index is 5.30. The van der Waals surface area contributed by atoms with Gasteiger partial charge in [-0.05, 0) is 37.8 Å². The lowest BCUT2D eigenvalue weighted by Gasteiger charge is -2.15. The van der Waals surface area contributed by atoms with Crippen molar-refractivity contribution in [3.8, 4) is 0 Å². The summed E-state index contributed by atoms with van der Waals surface area (Å²) in [6.07, 6.45) is 2.24. The molecule has 0 aliphatic rings. The molecule has 3 heteroatoms. The quantitative estimate of drug-likeness (QED) is 0.689. The van der Waals surface area contributed by atoms with Crippen LogP contribution in [-0.4, -0.2) is 19.8 Å². The van der Waals surface area contributed by atoms with Gasteiger partial charge in [0.2, 0.25) is 0 Å². The Balaban J connectivity index is 2.18. The molecule has 1 aromatic rings. The lowest BCUT2D eigenvalue weighted by atomic mass is 10.2. The fraction of sp³-hybridized carbons (Fsp3) is 0.667. The monoisotopic (exact) mass is 227 g/mol. The number of thiophene rings is 1. The Hall–Kier alpha value is -0.380. The zero-order chi connectivity index (χ0) is 10.9. The molecule has 2 nitrogen and oxygen atoms in total. The van der Waals surface area contributed by atoms with E-state index in [9.17, 15) is 0 Å². The van der Waals surface area contributed by atoms with E-state index in [0.717, 1.165) is 32.6 Å². The van der Waals surface area contributed by atoms with Gasteiger partial charge in [0.25, 0.3) is 0 Å². The molecule has 0 aliphatic carbocycles. The average Bonchev–Trinajstić information content (AvgIpc) is 2.77. The molecule has 0 amide bonds. The summed E-state index contributed by atoms with van der Waals surface area (Å²) < 4.78 is 5.30. The van der Waals surface area contributed by atoms with Gasteiger partial charge in [0, 0.05) is 24.1 Å². The first kappa shape index (κ1) is 12.7. The summed E-state index contributed by atoms with van der Waals surface area (Å²) in [6.45, 7) is 6.98. The van der Waals surface area contributed by atoms with Gasteiger partial charge in [0.05, 0.1) is 0 Å². The summed E-state index contributed by atoms with van der Waals surface area (Å²) >= 11 is 1.83. The van der Waals surface area contributed by atoms with Crippen molar-refractivity contribution in [1.29, 1.82) is 0 Å². The van der Waals surface area contributed by atoms with Crippen LogP contribution in [0.4, 0.5) is 0 Å². The van der Waals surface area contributed by atoms with Crippen LogP contribution in [0.25, 0.3) is 0 Å². The zero-order valence-corrected chi connectivity index (χ0v) is 10.5. The maximum absolute atomic E-state index is 5.30. The molecule has 0 saturated carbocycles. The first-order valence-electron chi connectivity index (χ1n) is 5.73. The summed E-state index contributed by atoms with van der Waals surface area (Å²) in [4.78, 5) is 1.44. The Morgan fingerprint density at radius 1 is 1.47 bits per heavy atom. The number of hydrogen-bond acceptors (Lipinski definition) is 3. The van der Waals surface area contributed by atoms with Crippen molar-refractivity contribution in [3.05, 3.63) is 22.4 Å². The second kappa shape index (κ2) is 7.85. The van der Waals surface area contributed by atoms with Crippen LogP contribution in [-0.2, 0) is 4.74 Å². The van der Waals surface area contributed by atoms with Crippen molar-refractivity contribution in [2.75, 3.05) is 19.8 Å². The minimum Gasteiger partial charge on any atom is -0.382 e. The van der Waals surface area contributed by atoms with Gasteiger partial charge in [-0.3, -0.25) is 0 Å². The minimum atomic E-state index is 0.520. The SMILES string of the molecule is CCOCCCNC(CC)c1cccs1. The zero-order valence-electron chi connectivity index (χ0n) is 9.66. The molecular weight excluding hydrogens is 206 g/mol. The maximum Gasteiger partial charge on any atom is 0.0477 e. The number of rotatable bonds is 8. The number of ether oxygens (including phenoxy) is 1. The van der Waals surface area contributed by atoms with Crippen LogP contribution in [0.3, 0.4) is 0 Å². The van der Waals surface area contributed by atoms with Crippen LogP contribution in [0.2, 0.25) is 0 Å². The molecule has 1 N–H and O–H groups in total. The van der Waals surface area contributed by atoms with E-state index in [-0.39, 0.29) is 0 Å². The molecule has 1 aromatic heterocycles.